The largest absolute Gasteiger partial charge is 0.385 e. The molecule has 0 aliphatic heterocycles. The third kappa shape index (κ3) is 3.15. The highest BCUT2D eigenvalue weighted by Crippen LogP contribution is 2.25. The number of nitrogens with one attached hydrogen (secondary N) is 1. The molecule has 0 amide bonds. The summed E-state index contributed by atoms with van der Waals surface area (Å²) in [6.45, 7) is 7.63. The summed E-state index contributed by atoms with van der Waals surface area (Å²) in [4.78, 5) is 2.15. The summed E-state index contributed by atoms with van der Waals surface area (Å²) < 4.78 is 0. The molecule has 2 nitrogen and oxygen atoms in total. The van der Waals surface area contributed by atoms with Gasteiger partial charge in [-0.05, 0) is 30.5 Å². The van der Waals surface area contributed by atoms with E-state index < -0.39 is 0 Å². The van der Waals surface area contributed by atoms with Crippen LogP contribution in [-0.4, -0.2) is 20.6 Å². The second-order valence-electron chi connectivity index (χ2n) is 4.62. The van der Waals surface area contributed by atoms with Gasteiger partial charge in [-0.15, -0.1) is 0 Å². The van der Waals surface area contributed by atoms with E-state index in [0.717, 1.165) is 6.54 Å². The summed E-state index contributed by atoms with van der Waals surface area (Å²) in [6, 6.07) is 6.39. The van der Waals surface area contributed by atoms with Gasteiger partial charge in [-0.3, -0.25) is 0 Å². The van der Waals surface area contributed by atoms with Crippen molar-refractivity contribution in [3.05, 3.63) is 23.8 Å². The molecule has 0 fully saturated rings. The molecule has 0 aromatic heterocycles. The normalized spacial score (nSPS) is 10.5. The Morgan fingerprint density at radius 3 is 2.47 bits per heavy atom. The van der Waals surface area contributed by atoms with E-state index in [4.69, 9.17) is 0 Å². The summed E-state index contributed by atoms with van der Waals surface area (Å²) in [7, 11) is 4.16. The van der Waals surface area contributed by atoms with E-state index in [1.807, 2.05) is 0 Å². The molecular formula is C13H22N2. The SMILES string of the molecule is Cc1c(NCC(C)C)cccc1N(C)C. The lowest BCUT2D eigenvalue weighted by molar-refractivity contribution is 0.688. The van der Waals surface area contributed by atoms with E-state index in [0.29, 0.717) is 5.92 Å². The fourth-order valence-corrected chi connectivity index (χ4v) is 1.61. The third-order valence-corrected chi connectivity index (χ3v) is 2.49. The highest BCUT2D eigenvalue weighted by atomic mass is 15.1. The molecule has 0 spiro atoms. The topological polar surface area (TPSA) is 15.3 Å². The van der Waals surface area contributed by atoms with Crippen LogP contribution in [0, 0.1) is 12.8 Å². The van der Waals surface area contributed by atoms with E-state index in [-0.39, 0.29) is 0 Å². The van der Waals surface area contributed by atoms with Crippen LogP contribution in [-0.2, 0) is 0 Å². The molecule has 1 aromatic carbocycles. The first kappa shape index (κ1) is 11.9. The Kier molecular flexibility index (Phi) is 4.01. The fourth-order valence-electron chi connectivity index (χ4n) is 1.61. The van der Waals surface area contributed by atoms with Gasteiger partial charge in [-0.1, -0.05) is 19.9 Å². The molecule has 0 atom stereocenters. The number of anilines is 2. The second kappa shape index (κ2) is 5.06. The number of hydrogen-bond acceptors (Lipinski definition) is 2. The molecule has 0 saturated heterocycles. The first-order valence-corrected chi connectivity index (χ1v) is 5.53. The van der Waals surface area contributed by atoms with Crippen molar-refractivity contribution >= 4 is 11.4 Å². The van der Waals surface area contributed by atoms with E-state index in [1.165, 1.54) is 16.9 Å². The van der Waals surface area contributed by atoms with Crippen molar-refractivity contribution in [2.75, 3.05) is 30.9 Å². The number of benzene rings is 1. The Labute approximate surface area is 93.3 Å². The molecular weight excluding hydrogens is 184 g/mol. The lowest BCUT2D eigenvalue weighted by Gasteiger charge is -2.19. The molecule has 0 radical (unpaired) electrons. The molecule has 0 aliphatic rings. The number of nitrogens with zero attached hydrogens (tertiary/aromatic N) is 1. The average molecular weight is 206 g/mol. The van der Waals surface area contributed by atoms with Crippen LogP contribution in [0.5, 0.6) is 0 Å². The van der Waals surface area contributed by atoms with Gasteiger partial charge >= 0.3 is 0 Å². The van der Waals surface area contributed by atoms with Gasteiger partial charge in [0.15, 0.2) is 0 Å². The van der Waals surface area contributed by atoms with Gasteiger partial charge in [0.1, 0.15) is 0 Å². The van der Waals surface area contributed by atoms with Crippen LogP contribution in [0.4, 0.5) is 11.4 Å². The van der Waals surface area contributed by atoms with Crippen molar-refractivity contribution < 1.29 is 0 Å². The molecule has 0 heterocycles. The monoisotopic (exact) mass is 206 g/mol. The van der Waals surface area contributed by atoms with Crippen molar-refractivity contribution in [2.45, 2.75) is 20.8 Å². The van der Waals surface area contributed by atoms with Crippen molar-refractivity contribution in [2.24, 2.45) is 5.92 Å². The molecule has 0 saturated carbocycles. The van der Waals surface area contributed by atoms with Gasteiger partial charge in [0.2, 0.25) is 0 Å². The Balaban J connectivity index is 2.85. The molecule has 0 unspecified atom stereocenters. The van der Waals surface area contributed by atoms with Crippen LogP contribution in [0.2, 0.25) is 0 Å². The second-order valence-corrected chi connectivity index (χ2v) is 4.62. The zero-order valence-corrected chi connectivity index (χ0v) is 10.5. The fraction of sp³-hybridized carbons (Fsp3) is 0.538. The van der Waals surface area contributed by atoms with E-state index in [9.17, 15) is 0 Å². The molecule has 2 heteroatoms. The predicted molar refractivity (Wildman–Crippen MR) is 68.8 cm³/mol. The average Bonchev–Trinajstić information content (AvgIpc) is 2.15. The van der Waals surface area contributed by atoms with Crippen molar-refractivity contribution in [3.63, 3.8) is 0 Å². The van der Waals surface area contributed by atoms with Gasteiger partial charge < -0.3 is 10.2 Å². The van der Waals surface area contributed by atoms with Gasteiger partial charge in [0, 0.05) is 32.0 Å². The first-order chi connectivity index (χ1) is 7.02. The van der Waals surface area contributed by atoms with Gasteiger partial charge in [-0.25, -0.2) is 0 Å². The minimum Gasteiger partial charge on any atom is -0.385 e. The summed E-state index contributed by atoms with van der Waals surface area (Å²) >= 11 is 0. The van der Waals surface area contributed by atoms with Crippen molar-refractivity contribution in [1.82, 2.24) is 0 Å². The van der Waals surface area contributed by atoms with Gasteiger partial charge in [0.25, 0.3) is 0 Å². The van der Waals surface area contributed by atoms with Crippen LogP contribution < -0.4 is 10.2 Å². The molecule has 15 heavy (non-hydrogen) atoms. The molecule has 0 aliphatic carbocycles. The van der Waals surface area contributed by atoms with Crippen molar-refractivity contribution in [1.29, 1.82) is 0 Å². The number of hydrogen-bond donors (Lipinski definition) is 1. The van der Waals surface area contributed by atoms with E-state index >= 15 is 0 Å². The van der Waals surface area contributed by atoms with Crippen LogP contribution in [0.1, 0.15) is 19.4 Å². The summed E-state index contributed by atoms with van der Waals surface area (Å²) in [5, 5.41) is 3.48. The van der Waals surface area contributed by atoms with Gasteiger partial charge in [-0.2, -0.15) is 0 Å². The highest BCUT2D eigenvalue weighted by Gasteiger charge is 2.05. The molecule has 1 rings (SSSR count). The molecule has 0 bridgehead atoms. The molecule has 1 aromatic rings. The Morgan fingerprint density at radius 1 is 1.27 bits per heavy atom. The minimum atomic E-state index is 0.674. The predicted octanol–water partition coefficient (Wildman–Crippen LogP) is 3.13. The Bertz CT molecular complexity index is 316. The van der Waals surface area contributed by atoms with E-state index in [2.05, 4.69) is 63.3 Å². The molecule has 1 N–H and O–H groups in total. The zero-order chi connectivity index (χ0) is 11.4. The van der Waals surface area contributed by atoms with Crippen LogP contribution in [0.15, 0.2) is 18.2 Å². The maximum Gasteiger partial charge on any atom is 0.0411 e. The van der Waals surface area contributed by atoms with E-state index in [1.54, 1.807) is 0 Å². The summed E-state index contributed by atoms with van der Waals surface area (Å²) in [5.41, 5.74) is 3.85. The third-order valence-electron chi connectivity index (χ3n) is 2.49. The van der Waals surface area contributed by atoms with Gasteiger partial charge in [0.05, 0.1) is 0 Å². The Morgan fingerprint density at radius 2 is 1.93 bits per heavy atom. The molecule has 84 valence electrons. The Hall–Kier alpha value is -1.18. The lowest BCUT2D eigenvalue weighted by atomic mass is 10.1. The quantitative estimate of drug-likeness (QED) is 0.814. The summed E-state index contributed by atoms with van der Waals surface area (Å²) in [5.74, 6) is 0.674. The standard InChI is InChI=1S/C13H22N2/c1-10(2)9-14-12-7-6-8-13(11(12)3)15(4)5/h6-8,10,14H,9H2,1-5H3. The summed E-state index contributed by atoms with van der Waals surface area (Å²) in [6.07, 6.45) is 0. The number of rotatable bonds is 4. The maximum atomic E-state index is 3.48. The first-order valence-electron chi connectivity index (χ1n) is 5.53. The smallest absolute Gasteiger partial charge is 0.0411 e. The van der Waals surface area contributed by atoms with Crippen LogP contribution >= 0.6 is 0 Å². The lowest BCUT2D eigenvalue weighted by Crippen LogP contribution is -2.13. The van der Waals surface area contributed by atoms with Crippen LogP contribution in [0.3, 0.4) is 0 Å². The highest BCUT2D eigenvalue weighted by molar-refractivity contribution is 5.65. The van der Waals surface area contributed by atoms with Crippen molar-refractivity contribution in [3.8, 4) is 0 Å². The van der Waals surface area contributed by atoms with Crippen LogP contribution in [0.25, 0.3) is 0 Å². The zero-order valence-electron chi connectivity index (χ0n) is 10.5. The maximum absolute atomic E-state index is 3.48. The minimum absolute atomic E-state index is 0.674.